The van der Waals surface area contributed by atoms with Crippen LogP contribution in [-0.2, 0) is 19.7 Å². The lowest BCUT2D eigenvalue weighted by molar-refractivity contribution is 0.552. The summed E-state index contributed by atoms with van der Waals surface area (Å²) < 4.78 is 54.3. The van der Waals surface area contributed by atoms with E-state index in [1.165, 1.54) is 22.2 Å². The molecule has 0 saturated carbocycles. The lowest BCUT2D eigenvalue weighted by atomic mass is 10.3. The molecular formula is C21H14N6O4S2. The number of hydrogen-bond acceptors (Lipinski definition) is 10. The van der Waals surface area contributed by atoms with Crippen molar-refractivity contribution in [2.45, 2.75) is 14.4 Å². The lowest BCUT2D eigenvalue weighted by Gasteiger charge is -2.38. The smallest absolute Gasteiger partial charge is 0.272 e. The molecule has 2 aliphatic heterocycles. The Labute approximate surface area is 189 Å². The SMILES string of the molecule is O=S1(=O)c2nccnc2S(=O)(=O)C12N(c1ccccc1)c1nccnc1N2c1ccccc1. The summed E-state index contributed by atoms with van der Waals surface area (Å²) >= 11 is 0. The zero-order chi connectivity index (χ0) is 22.8. The van der Waals surface area contributed by atoms with Crippen LogP contribution in [0.5, 0.6) is 0 Å². The number of hydrogen-bond donors (Lipinski definition) is 0. The number of benzene rings is 2. The molecule has 2 aromatic carbocycles. The Morgan fingerprint density at radius 3 is 1.30 bits per heavy atom. The van der Waals surface area contributed by atoms with Crippen LogP contribution in [0.25, 0.3) is 0 Å². The molecular weight excluding hydrogens is 464 g/mol. The Bertz CT molecular complexity index is 1490. The molecule has 0 aliphatic carbocycles. The predicted molar refractivity (Wildman–Crippen MR) is 118 cm³/mol. The Morgan fingerprint density at radius 1 is 0.545 bits per heavy atom. The van der Waals surface area contributed by atoms with Crippen molar-refractivity contribution >= 4 is 42.7 Å². The van der Waals surface area contributed by atoms with Crippen LogP contribution in [0.2, 0.25) is 0 Å². The van der Waals surface area contributed by atoms with Crippen LogP contribution in [0.3, 0.4) is 0 Å². The second-order valence-electron chi connectivity index (χ2n) is 7.27. The highest BCUT2D eigenvalue weighted by Gasteiger charge is 2.76. The maximum Gasteiger partial charge on any atom is 0.344 e. The molecule has 4 aromatic rings. The average molecular weight is 479 g/mol. The first kappa shape index (κ1) is 19.8. The standard InChI is InChI=1S/C21H14N6O4S2/c28-32(29)19-20(25-14-13-24-19)33(30,31)21(32)26(15-7-3-1-4-8-15)17-18(23-12-11-22-17)27(21)16-9-5-2-6-10-16/h1-14H. The molecule has 0 unspecified atom stereocenters. The van der Waals surface area contributed by atoms with E-state index in [0.717, 1.165) is 12.4 Å². The molecule has 12 heteroatoms. The van der Waals surface area contributed by atoms with E-state index < -0.39 is 34.1 Å². The highest BCUT2D eigenvalue weighted by molar-refractivity contribution is 8.13. The third-order valence-corrected chi connectivity index (χ3v) is 10.7. The van der Waals surface area contributed by atoms with Crippen molar-refractivity contribution in [1.82, 2.24) is 19.9 Å². The second-order valence-corrected chi connectivity index (χ2v) is 11.5. The molecule has 0 fully saturated rings. The van der Waals surface area contributed by atoms with Gasteiger partial charge in [0, 0.05) is 36.2 Å². The van der Waals surface area contributed by atoms with Crippen molar-refractivity contribution in [2.24, 2.45) is 0 Å². The minimum absolute atomic E-state index is 0.0764. The molecule has 1 spiro atoms. The number of nitrogens with zero attached hydrogens (tertiary/aromatic N) is 6. The van der Waals surface area contributed by atoms with Gasteiger partial charge in [-0.3, -0.25) is 9.80 Å². The quantitative estimate of drug-likeness (QED) is 0.424. The fourth-order valence-electron chi connectivity index (χ4n) is 4.29. The highest BCUT2D eigenvalue weighted by atomic mass is 32.3. The van der Waals surface area contributed by atoms with Crippen LogP contribution in [0.15, 0.2) is 95.5 Å². The van der Waals surface area contributed by atoms with Crippen LogP contribution < -0.4 is 9.80 Å². The topological polar surface area (TPSA) is 126 Å². The third-order valence-electron chi connectivity index (χ3n) is 5.52. The molecule has 0 atom stereocenters. The van der Waals surface area contributed by atoms with Gasteiger partial charge in [-0.25, -0.2) is 36.8 Å². The fourth-order valence-corrected chi connectivity index (χ4v) is 9.77. The van der Waals surface area contributed by atoms with Gasteiger partial charge in [0.25, 0.3) is 19.7 Å². The normalized spacial score (nSPS) is 18.8. The monoisotopic (exact) mass is 478 g/mol. The summed E-state index contributed by atoms with van der Waals surface area (Å²) in [5.41, 5.74) is 0.607. The maximum absolute atomic E-state index is 14.2. The Balaban J connectivity index is 1.83. The van der Waals surface area contributed by atoms with E-state index in [2.05, 4.69) is 19.9 Å². The van der Waals surface area contributed by atoms with Gasteiger partial charge in [-0.05, 0) is 24.3 Å². The van der Waals surface area contributed by atoms with Gasteiger partial charge in [0.2, 0.25) is 0 Å². The van der Waals surface area contributed by atoms with Crippen molar-refractivity contribution in [1.29, 1.82) is 0 Å². The van der Waals surface area contributed by atoms with E-state index in [1.54, 1.807) is 60.7 Å². The summed E-state index contributed by atoms with van der Waals surface area (Å²) in [6.07, 6.45) is 5.08. The van der Waals surface area contributed by atoms with Crippen LogP contribution in [0.1, 0.15) is 0 Å². The molecule has 0 N–H and O–H groups in total. The first-order chi connectivity index (χ1) is 15.9. The molecule has 2 aromatic heterocycles. The van der Waals surface area contributed by atoms with Gasteiger partial charge in [0.1, 0.15) is 0 Å². The van der Waals surface area contributed by atoms with Crippen LogP contribution in [-0.4, -0.2) is 41.1 Å². The number of aromatic nitrogens is 4. The van der Waals surface area contributed by atoms with E-state index in [4.69, 9.17) is 0 Å². The van der Waals surface area contributed by atoms with Gasteiger partial charge in [-0.15, -0.1) is 0 Å². The summed E-state index contributed by atoms with van der Waals surface area (Å²) in [6.45, 7) is 0. The zero-order valence-corrected chi connectivity index (χ0v) is 18.3. The molecule has 33 heavy (non-hydrogen) atoms. The maximum atomic E-state index is 14.2. The summed E-state index contributed by atoms with van der Waals surface area (Å²) in [5, 5.41) is -1.22. The molecule has 2 aliphatic rings. The Kier molecular flexibility index (Phi) is 3.93. The van der Waals surface area contributed by atoms with Crippen LogP contribution >= 0.6 is 0 Å². The molecule has 4 heterocycles. The molecule has 0 bridgehead atoms. The summed E-state index contributed by atoms with van der Waals surface area (Å²) in [6, 6.07) is 16.7. The van der Waals surface area contributed by atoms with Gasteiger partial charge >= 0.3 is 4.33 Å². The molecule has 0 amide bonds. The molecule has 164 valence electrons. The Hall–Kier alpha value is -3.90. The van der Waals surface area contributed by atoms with Gasteiger partial charge in [-0.2, -0.15) is 0 Å². The first-order valence-corrected chi connectivity index (χ1v) is 12.7. The molecule has 10 nitrogen and oxygen atoms in total. The Morgan fingerprint density at radius 2 is 0.909 bits per heavy atom. The summed E-state index contributed by atoms with van der Waals surface area (Å²) in [5.74, 6) is 0.153. The van der Waals surface area contributed by atoms with Crippen molar-refractivity contribution in [3.8, 4) is 0 Å². The van der Waals surface area contributed by atoms with Gasteiger partial charge < -0.3 is 0 Å². The number of fused-ring (bicyclic) bond motifs is 2. The number of sulfone groups is 2. The fraction of sp³-hybridized carbons (Fsp3) is 0.0476. The van der Waals surface area contributed by atoms with E-state index in [9.17, 15) is 16.8 Å². The van der Waals surface area contributed by atoms with Crippen molar-refractivity contribution in [3.63, 3.8) is 0 Å². The van der Waals surface area contributed by atoms with Crippen molar-refractivity contribution in [2.75, 3.05) is 9.80 Å². The summed E-state index contributed by atoms with van der Waals surface area (Å²) in [4.78, 5) is 18.9. The van der Waals surface area contributed by atoms with E-state index in [0.29, 0.717) is 11.4 Å². The molecule has 0 saturated heterocycles. The average Bonchev–Trinajstić information content (AvgIpc) is 3.24. The van der Waals surface area contributed by atoms with Crippen molar-refractivity contribution < 1.29 is 16.8 Å². The third kappa shape index (κ3) is 2.26. The van der Waals surface area contributed by atoms with Gasteiger partial charge in [0.05, 0.1) is 0 Å². The number of anilines is 4. The molecule has 6 rings (SSSR count). The minimum atomic E-state index is -4.71. The number of rotatable bonds is 2. The number of para-hydroxylation sites is 2. The zero-order valence-electron chi connectivity index (χ0n) is 16.7. The summed E-state index contributed by atoms with van der Waals surface area (Å²) in [7, 11) is -9.41. The van der Waals surface area contributed by atoms with Crippen LogP contribution in [0, 0.1) is 0 Å². The van der Waals surface area contributed by atoms with E-state index in [-0.39, 0.29) is 11.6 Å². The molecule has 0 radical (unpaired) electrons. The van der Waals surface area contributed by atoms with Gasteiger partial charge in [0.15, 0.2) is 21.7 Å². The van der Waals surface area contributed by atoms with Crippen molar-refractivity contribution in [3.05, 3.63) is 85.5 Å². The lowest BCUT2D eigenvalue weighted by Crippen LogP contribution is -2.61. The first-order valence-electron chi connectivity index (χ1n) is 9.74. The largest absolute Gasteiger partial charge is 0.344 e. The van der Waals surface area contributed by atoms with Crippen LogP contribution in [0.4, 0.5) is 23.0 Å². The van der Waals surface area contributed by atoms with E-state index >= 15 is 0 Å². The second kappa shape index (κ2) is 6.56. The van der Waals surface area contributed by atoms with Gasteiger partial charge in [-0.1, -0.05) is 36.4 Å². The minimum Gasteiger partial charge on any atom is -0.272 e. The highest BCUT2D eigenvalue weighted by Crippen LogP contribution is 2.60. The van der Waals surface area contributed by atoms with E-state index in [1.807, 2.05) is 0 Å². The predicted octanol–water partition coefficient (Wildman–Crippen LogP) is 2.43.